The number of aliphatic imine (C=N–C) groups is 1. The SMILES string of the molecule is COc1cc(-c2sc(C3(C(N)=O)C=CC=N3)c(C(N)=O)c2C)cc(OC)c1OC. The molecule has 0 saturated carbocycles. The summed E-state index contributed by atoms with van der Waals surface area (Å²) in [6.07, 6.45) is 4.65. The van der Waals surface area contributed by atoms with Gasteiger partial charge in [-0.2, -0.15) is 0 Å². The molecule has 2 amide bonds. The molecular formula is C20H21N3O5S. The molecule has 8 nitrogen and oxygen atoms in total. The van der Waals surface area contributed by atoms with Gasteiger partial charge in [0.1, 0.15) is 0 Å². The van der Waals surface area contributed by atoms with Crippen LogP contribution in [0.3, 0.4) is 0 Å². The molecule has 0 spiro atoms. The average Bonchev–Trinajstić information content (AvgIpc) is 3.32. The Kier molecular flexibility index (Phi) is 5.34. The largest absolute Gasteiger partial charge is 0.493 e. The van der Waals surface area contributed by atoms with Crippen LogP contribution in [0.25, 0.3) is 10.4 Å². The lowest BCUT2D eigenvalue weighted by molar-refractivity contribution is -0.121. The van der Waals surface area contributed by atoms with E-state index >= 15 is 0 Å². The van der Waals surface area contributed by atoms with Crippen LogP contribution < -0.4 is 25.7 Å². The van der Waals surface area contributed by atoms with Crippen LogP contribution in [0, 0.1) is 6.92 Å². The molecule has 2 heterocycles. The van der Waals surface area contributed by atoms with Gasteiger partial charge in [0.05, 0.1) is 31.8 Å². The highest BCUT2D eigenvalue weighted by molar-refractivity contribution is 7.16. The zero-order valence-electron chi connectivity index (χ0n) is 16.4. The molecule has 0 fully saturated rings. The molecule has 1 aromatic heterocycles. The van der Waals surface area contributed by atoms with Crippen molar-refractivity contribution in [3.8, 4) is 27.7 Å². The molecule has 0 saturated heterocycles. The van der Waals surface area contributed by atoms with E-state index in [1.165, 1.54) is 38.9 Å². The van der Waals surface area contributed by atoms with Gasteiger partial charge < -0.3 is 25.7 Å². The Morgan fingerprint density at radius 1 is 1.07 bits per heavy atom. The standard InChI is InChI=1S/C20H21N3O5S/c1-10-14(18(21)24)17(20(19(22)25)6-5-7-23-20)29-16(10)11-8-12(26-2)15(28-4)13(9-11)27-3/h5-9H,1-4H3,(H2,21,24)(H2,22,25). The van der Waals surface area contributed by atoms with Crippen molar-refractivity contribution >= 4 is 29.4 Å². The summed E-state index contributed by atoms with van der Waals surface area (Å²) in [4.78, 5) is 29.9. The van der Waals surface area contributed by atoms with Crippen LogP contribution in [0.1, 0.15) is 20.8 Å². The summed E-state index contributed by atoms with van der Waals surface area (Å²) in [7, 11) is 4.55. The highest BCUT2D eigenvalue weighted by Gasteiger charge is 2.42. The second-order valence-electron chi connectivity index (χ2n) is 6.31. The molecule has 152 valence electrons. The van der Waals surface area contributed by atoms with Crippen LogP contribution in [0.4, 0.5) is 0 Å². The molecule has 0 aliphatic carbocycles. The van der Waals surface area contributed by atoms with Gasteiger partial charge in [-0.25, -0.2) is 0 Å². The van der Waals surface area contributed by atoms with E-state index in [0.717, 1.165) is 0 Å². The van der Waals surface area contributed by atoms with Crippen molar-refractivity contribution < 1.29 is 23.8 Å². The number of thiophene rings is 1. The Balaban J connectivity index is 2.31. The predicted octanol–water partition coefficient (Wildman–Crippen LogP) is 2.17. The van der Waals surface area contributed by atoms with Crippen molar-refractivity contribution in [3.05, 3.63) is 40.3 Å². The average molecular weight is 415 g/mol. The molecule has 1 aliphatic rings. The number of benzene rings is 1. The first kappa shape index (κ1) is 20.4. The fourth-order valence-electron chi connectivity index (χ4n) is 3.34. The third kappa shape index (κ3) is 3.13. The van der Waals surface area contributed by atoms with Crippen LogP contribution >= 0.6 is 11.3 Å². The van der Waals surface area contributed by atoms with Gasteiger partial charge in [-0.3, -0.25) is 14.6 Å². The van der Waals surface area contributed by atoms with Crippen molar-refractivity contribution in [2.24, 2.45) is 16.5 Å². The second-order valence-corrected chi connectivity index (χ2v) is 7.33. The Hall–Kier alpha value is -3.33. The van der Waals surface area contributed by atoms with Gasteiger partial charge in [0, 0.05) is 11.1 Å². The van der Waals surface area contributed by atoms with E-state index < -0.39 is 17.4 Å². The molecule has 29 heavy (non-hydrogen) atoms. The first-order chi connectivity index (χ1) is 13.8. The number of nitrogens with two attached hydrogens (primary N) is 2. The van der Waals surface area contributed by atoms with Gasteiger partial charge in [-0.1, -0.05) is 0 Å². The molecule has 3 rings (SSSR count). The maximum atomic E-state index is 12.3. The molecule has 1 atom stereocenters. The molecule has 1 aliphatic heterocycles. The number of carbonyl (C=O) groups is 2. The number of hydrogen-bond acceptors (Lipinski definition) is 7. The van der Waals surface area contributed by atoms with Gasteiger partial charge in [-0.15, -0.1) is 11.3 Å². The zero-order chi connectivity index (χ0) is 21.3. The molecule has 2 aromatic rings. The Labute approximate surface area is 171 Å². The maximum absolute atomic E-state index is 12.3. The summed E-state index contributed by atoms with van der Waals surface area (Å²) in [5.74, 6) is 0.00643. The Morgan fingerprint density at radius 3 is 2.10 bits per heavy atom. The molecule has 4 N–H and O–H groups in total. The minimum Gasteiger partial charge on any atom is -0.493 e. The number of primary amides is 2. The third-order valence-electron chi connectivity index (χ3n) is 4.74. The van der Waals surface area contributed by atoms with Crippen LogP contribution in [-0.4, -0.2) is 39.4 Å². The molecule has 9 heteroatoms. The minimum atomic E-state index is -1.46. The summed E-state index contributed by atoms with van der Waals surface area (Å²) in [5.41, 5.74) is 11.4. The number of allylic oxidation sites excluding steroid dienone is 1. The van der Waals surface area contributed by atoms with Gasteiger partial charge in [0.25, 0.3) is 5.91 Å². The maximum Gasteiger partial charge on any atom is 0.254 e. The van der Waals surface area contributed by atoms with E-state index in [9.17, 15) is 9.59 Å². The topological polar surface area (TPSA) is 126 Å². The predicted molar refractivity (Wildman–Crippen MR) is 111 cm³/mol. The summed E-state index contributed by atoms with van der Waals surface area (Å²) in [6, 6.07) is 3.53. The third-order valence-corrected chi connectivity index (χ3v) is 6.21. The van der Waals surface area contributed by atoms with Crippen LogP contribution in [0.5, 0.6) is 17.2 Å². The number of ether oxygens (including phenoxy) is 3. The monoisotopic (exact) mass is 415 g/mol. The van der Waals surface area contributed by atoms with Gasteiger partial charge >= 0.3 is 0 Å². The second kappa shape index (κ2) is 7.59. The van der Waals surface area contributed by atoms with E-state index in [4.69, 9.17) is 25.7 Å². The molecule has 0 bridgehead atoms. The quantitative estimate of drug-likeness (QED) is 0.717. The number of hydrogen-bond donors (Lipinski definition) is 2. The van der Waals surface area contributed by atoms with Crippen LogP contribution in [0.15, 0.2) is 29.3 Å². The molecule has 0 radical (unpaired) electrons. The van der Waals surface area contributed by atoms with E-state index in [2.05, 4.69) is 4.99 Å². The van der Waals surface area contributed by atoms with Crippen LogP contribution in [-0.2, 0) is 10.3 Å². The number of methoxy groups -OCH3 is 3. The number of nitrogens with zero attached hydrogens (tertiary/aromatic N) is 1. The highest BCUT2D eigenvalue weighted by Crippen LogP contribution is 2.48. The van der Waals surface area contributed by atoms with Gasteiger partial charge in [-0.05, 0) is 42.3 Å². The number of rotatable bonds is 7. The van der Waals surface area contributed by atoms with Gasteiger partial charge in [0.15, 0.2) is 17.0 Å². The molecular weight excluding hydrogens is 394 g/mol. The van der Waals surface area contributed by atoms with E-state index in [-0.39, 0.29) is 5.56 Å². The Morgan fingerprint density at radius 2 is 1.69 bits per heavy atom. The first-order valence-electron chi connectivity index (χ1n) is 8.57. The lowest BCUT2D eigenvalue weighted by Gasteiger charge is -2.20. The Bertz CT molecular complexity index is 1020. The lowest BCUT2D eigenvalue weighted by atomic mass is 9.92. The molecule has 1 aromatic carbocycles. The first-order valence-corrected chi connectivity index (χ1v) is 9.39. The lowest BCUT2D eigenvalue weighted by Crippen LogP contribution is -2.37. The van der Waals surface area contributed by atoms with Gasteiger partial charge in [0.2, 0.25) is 11.7 Å². The number of carbonyl (C=O) groups excluding carboxylic acids is 2. The van der Waals surface area contributed by atoms with Crippen molar-refractivity contribution in [2.45, 2.75) is 12.5 Å². The van der Waals surface area contributed by atoms with E-state index in [0.29, 0.717) is 38.1 Å². The minimum absolute atomic E-state index is 0.223. The van der Waals surface area contributed by atoms with E-state index in [1.54, 1.807) is 31.2 Å². The fraction of sp³-hybridized carbons (Fsp3) is 0.250. The summed E-state index contributed by atoms with van der Waals surface area (Å²) in [6.45, 7) is 1.76. The fourth-order valence-corrected chi connectivity index (χ4v) is 4.77. The van der Waals surface area contributed by atoms with Crippen molar-refractivity contribution in [2.75, 3.05) is 21.3 Å². The normalized spacial score (nSPS) is 17.4. The summed E-state index contributed by atoms with van der Waals surface area (Å²) >= 11 is 1.23. The van der Waals surface area contributed by atoms with Crippen LogP contribution in [0.2, 0.25) is 0 Å². The van der Waals surface area contributed by atoms with Crippen molar-refractivity contribution in [3.63, 3.8) is 0 Å². The summed E-state index contributed by atoms with van der Waals surface area (Å²) < 4.78 is 16.2. The highest BCUT2D eigenvalue weighted by atomic mass is 32.1. The van der Waals surface area contributed by atoms with Crippen molar-refractivity contribution in [1.29, 1.82) is 0 Å². The smallest absolute Gasteiger partial charge is 0.254 e. The number of amides is 2. The van der Waals surface area contributed by atoms with E-state index in [1.807, 2.05) is 0 Å². The van der Waals surface area contributed by atoms with Crippen molar-refractivity contribution in [1.82, 2.24) is 0 Å². The summed E-state index contributed by atoms with van der Waals surface area (Å²) in [5, 5.41) is 0. The molecule has 1 unspecified atom stereocenters. The zero-order valence-corrected chi connectivity index (χ0v) is 17.3.